The molecule has 92 valence electrons. The summed E-state index contributed by atoms with van der Waals surface area (Å²) in [5.41, 5.74) is 1.47. The van der Waals surface area contributed by atoms with Crippen LogP contribution in [0.5, 0.6) is 0 Å². The van der Waals surface area contributed by atoms with Gasteiger partial charge in [-0.3, -0.25) is 10.1 Å². The van der Waals surface area contributed by atoms with E-state index in [4.69, 9.17) is 11.6 Å². The SMILES string of the molecule is CN(C)c1ccccc1NC(=O)NC(=O)CCl. The van der Waals surface area contributed by atoms with Gasteiger partial charge in [0.15, 0.2) is 0 Å². The van der Waals surface area contributed by atoms with Crippen molar-refractivity contribution in [1.82, 2.24) is 5.32 Å². The van der Waals surface area contributed by atoms with Gasteiger partial charge in [0.2, 0.25) is 5.91 Å². The highest BCUT2D eigenvalue weighted by atomic mass is 35.5. The molecule has 0 aliphatic carbocycles. The van der Waals surface area contributed by atoms with Crippen molar-refractivity contribution in [2.45, 2.75) is 0 Å². The lowest BCUT2D eigenvalue weighted by molar-refractivity contribution is -0.117. The molecule has 1 aromatic carbocycles. The second-order valence-corrected chi connectivity index (χ2v) is 3.81. The predicted molar refractivity (Wildman–Crippen MR) is 68.7 cm³/mol. The van der Waals surface area contributed by atoms with Crippen molar-refractivity contribution in [3.05, 3.63) is 24.3 Å². The van der Waals surface area contributed by atoms with Crippen molar-refractivity contribution >= 4 is 34.9 Å². The molecule has 2 N–H and O–H groups in total. The van der Waals surface area contributed by atoms with Crippen molar-refractivity contribution in [1.29, 1.82) is 0 Å². The largest absolute Gasteiger partial charge is 0.376 e. The number of nitrogens with zero attached hydrogens (tertiary/aromatic N) is 1. The molecule has 0 saturated heterocycles. The maximum Gasteiger partial charge on any atom is 0.325 e. The number of amides is 3. The Bertz CT molecular complexity index is 421. The van der Waals surface area contributed by atoms with Crippen molar-refractivity contribution < 1.29 is 9.59 Å². The Morgan fingerprint density at radius 1 is 1.29 bits per heavy atom. The quantitative estimate of drug-likeness (QED) is 0.808. The van der Waals surface area contributed by atoms with Crippen molar-refractivity contribution in [2.24, 2.45) is 0 Å². The number of imide groups is 1. The van der Waals surface area contributed by atoms with E-state index in [9.17, 15) is 9.59 Å². The monoisotopic (exact) mass is 255 g/mol. The summed E-state index contributed by atoms with van der Waals surface area (Å²) < 4.78 is 0. The summed E-state index contributed by atoms with van der Waals surface area (Å²) in [6.07, 6.45) is 0. The van der Waals surface area contributed by atoms with E-state index < -0.39 is 11.9 Å². The number of carbonyl (C=O) groups is 2. The Morgan fingerprint density at radius 3 is 2.53 bits per heavy atom. The highest BCUT2D eigenvalue weighted by molar-refractivity contribution is 6.28. The minimum Gasteiger partial charge on any atom is -0.376 e. The van der Waals surface area contributed by atoms with Crippen LogP contribution in [0.3, 0.4) is 0 Å². The van der Waals surface area contributed by atoms with E-state index in [0.717, 1.165) is 5.69 Å². The van der Waals surface area contributed by atoms with Gasteiger partial charge in [0.05, 0.1) is 11.4 Å². The number of hydrogen-bond acceptors (Lipinski definition) is 3. The Kier molecular flexibility index (Phi) is 4.78. The average Bonchev–Trinajstić information content (AvgIpc) is 2.29. The number of benzene rings is 1. The van der Waals surface area contributed by atoms with E-state index in [1.165, 1.54) is 0 Å². The molecular weight excluding hydrogens is 242 g/mol. The fraction of sp³-hybridized carbons (Fsp3) is 0.273. The van der Waals surface area contributed by atoms with Gasteiger partial charge in [-0.25, -0.2) is 4.79 Å². The first kappa shape index (κ1) is 13.3. The zero-order valence-electron chi connectivity index (χ0n) is 9.66. The van der Waals surface area contributed by atoms with Gasteiger partial charge >= 0.3 is 6.03 Å². The fourth-order valence-corrected chi connectivity index (χ4v) is 1.35. The summed E-state index contributed by atoms with van der Waals surface area (Å²) in [6, 6.07) is 6.68. The fourth-order valence-electron chi connectivity index (χ4n) is 1.28. The maximum absolute atomic E-state index is 11.4. The van der Waals surface area contributed by atoms with Gasteiger partial charge in [0.25, 0.3) is 0 Å². The predicted octanol–water partition coefficient (Wildman–Crippen LogP) is 1.64. The highest BCUT2D eigenvalue weighted by Crippen LogP contribution is 2.22. The third-order valence-corrected chi connectivity index (χ3v) is 2.25. The maximum atomic E-state index is 11.4. The summed E-state index contributed by atoms with van der Waals surface area (Å²) in [4.78, 5) is 24.2. The molecule has 0 radical (unpaired) electrons. The van der Waals surface area contributed by atoms with Gasteiger partial charge in [-0.1, -0.05) is 12.1 Å². The lowest BCUT2D eigenvalue weighted by Gasteiger charge is -2.17. The average molecular weight is 256 g/mol. The Hall–Kier alpha value is -1.75. The summed E-state index contributed by atoms with van der Waals surface area (Å²) in [5, 5.41) is 4.69. The number of rotatable bonds is 3. The summed E-state index contributed by atoms with van der Waals surface area (Å²) in [5.74, 6) is -0.783. The molecule has 0 heterocycles. The Morgan fingerprint density at radius 2 is 1.94 bits per heavy atom. The molecule has 0 bridgehead atoms. The van der Waals surface area contributed by atoms with Crippen LogP contribution in [-0.4, -0.2) is 31.9 Å². The van der Waals surface area contributed by atoms with E-state index in [0.29, 0.717) is 5.69 Å². The van der Waals surface area contributed by atoms with Crippen LogP contribution in [0.2, 0.25) is 0 Å². The third-order valence-electron chi connectivity index (χ3n) is 2.01. The Labute approximate surface area is 105 Å². The number of alkyl halides is 1. The number of urea groups is 1. The first-order valence-corrected chi connectivity index (χ1v) is 5.51. The van der Waals surface area contributed by atoms with Crippen LogP contribution >= 0.6 is 11.6 Å². The van der Waals surface area contributed by atoms with Gasteiger partial charge in [0, 0.05) is 14.1 Å². The van der Waals surface area contributed by atoms with E-state index >= 15 is 0 Å². The van der Waals surface area contributed by atoms with Crippen molar-refractivity contribution in [2.75, 3.05) is 30.2 Å². The van der Waals surface area contributed by atoms with Crippen LogP contribution in [-0.2, 0) is 4.79 Å². The summed E-state index contributed by atoms with van der Waals surface area (Å²) >= 11 is 5.28. The van der Waals surface area contributed by atoms with Crippen LogP contribution in [0.1, 0.15) is 0 Å². The lowest BCUT2D eigenvalue weighted by atomic mass is 10.2. The standard InChI is InChI=1S/C11H14ClN3O2/c1-15(2)9-6-4-3-5-8(9)13-11(17)14-10(16)7-12/h3-6H,7H2,1-2H3,(H2,13,14,16,17). The number of halogens is 1. The minimum absolute atomic E-state index is 0.247. The summed E-state index contributed by atoms with van der Waals surface area (Å²) in [7, 11) is 3.73. The normalized spacial score (nSPS) is 9.59. The second kappa shape index (κ2) is 6.10. The lowest BCUT2D eigenvalue weighted by Crippen LogP contribution is -2.35. The number of anilines is 2. The molecule has 17 heavy (non-hydrogen) atoms. The van der Waals surface area contributed by atoms with Gasteiger partial charge in [-0.2, -0.15) is 0 Å². The van der Waals surface area contributed by atoms with Crippen molar-refractivity contribution in [3.63, 3.8) is 0 Å². The minimum atomic E-state index is -0.593. The molecule has 3 amide bonds. The second-order valence-electron chi connectivity index (χ2n) is 3.55. The van der Waals surface area contributed by atoms with Crippen LogP contribution in [0, 0.1) is 0 Å². The topological polar surface area (TPSA) is 61.4 Å². The first-order valence-electron chi connectivity index (χ1n) is 4.97. The van der Waals surface area contributed by atoms with Gasteiger partial charge < -0.3 is 10.2 Å². The molecule has 0 aliphatic heterocycles. The zero-order chi connectivity index (χ0) is 12.8. The molecule has 0 aliphatic rings. The van der Waals surface area contributed by atoms with Gasteiger partial charge in [-0.05, 0) is 12.1 Å². The molecule has 0 saturated carbocycles. The molecular formula is C11H14ClN3O2. The number of nitrogens with one attached hydrogen (secondary N) is 2. The number of hydrogen-bond donors (Lipinski definition) is 2. The highest BCUT2D eigenvalue weighted by Gasteiger charge is 2.09. The van der Waals surface area contributed by atoms with Gasteiger partial charge in [0.1, 0.15) is 5.88 Å². The van der Waals surface area contributed by atoms with E-state index in [-0.39, 0.29) is 5.88 Å². The van der Waals surface area contributed by atoms with Gasteiger partial charge in [-0.15, -0.1) is 11.6 Å². The van der Waals surface area contributed by atoms with E-state index in [1.54, 1.807) is 12.1 Å². The molecule has 6 heteroatoms. The zero-order valence-corrected chi connectivity index (χ0v) is 10.4. The summed E-state index contributed by atoms with van der Waals surface area (Å²) in [6.45, 7) is 0. The molecule has 0 aromatic heterocycles. The molecule has 0 unspecified atom stereocenters. The Balaban J connectivity index is 2.74. The van der Waals surface area contributed by atoms with Crippen LogP contribution in [0.15, 0.2) is 24.3 Å². The molecule has 0 fully saturated rings. The first-order chi connectivity index (χ1) is 8.04. The van der Waals surface area contributed by atoms with Crippen LogP contribution < -0.4 is 15.5 Å². The smallest absolute Gasteiger partial charge is 0.325 e. The molecule has 1 rings (SSSR count). The third kappa shape index (κ3) is 3.96. The molecule has 0 atom stereocenters. The molecule has 5 nitrogen and oxygen atoms in total. The number of carbonyl (C=O) groups excluding carboxylic acids is 2. The molecule has 1 aromatic rings. The molecule has 0 spiro atoms. The van der Waals surface area contributed by atoms with Crippen LogP contribution in [0.25, 0.3) is 0 Å². The van der Waals surface area contributed by atoms with E-state index in [2.05, 4.69) is 10.6 Å². The van der Waals surface area contributed by atoms with Crippen molar-refractivity contribution in [3.8, 4) is 0 Å². The number of para-hydroxylation sites is 2. The van der Waals surface area contributed by atoms with Crippen LogP contribution in [0.4, 0.5) is 16.2 Å². The van der Waals surface area contributed by atoms with E-state index in [1.807, 2.05) is 31.1 Å².